The molecular weight excluding hydrogens is 689 g/mol. The molecule has 3 aromatic carbocycles. The highest BCUT2D eigenvalue weighted by Gasteiger charge is 2.38. The first-order chi connectivity index (χ1) is 22.8. The lowest BCUT2D eigenvalue weighted by atomic mass is 9.89. The van der Waals surface area contributed by atoms with Gasteiger partial charge in [-0.05, 0) is 76.1 Å². The number of benzene rings is 3. The van der Waals surface area contributed by atoms with Crippen molar-refractivity contribution >= 4 is 53.5 Å². The Kier molecular flexibility index (Phi) is 9.76. The van der Waals surface area contributed by atoms with Crippen LogP contribution in [0.3, 0.4) is 0 Å². The molecule has 0 radical (unpaired) electrons. The van der Waals surface area contributed by atoms with Gasteiger partial charge >= 0.3 is 0 Å². The molecule has 3 heterocycles. The van der Waals surface area contributed by atoms with Crippen LogP contribution in [0.25, 0.3) is 10.9 Å². The zero-order valence-corrected chi connectivity index (χ0v) is 27.5. The molecule has 0 amide bonds. The Hall–Kier alpha value is -4.85. The normalized spacial score (nSPS) is 15.3. The lowest BCUT2D eigenvalue weighted by Gasteiger charge is -2.31. The topological polar surface area (TPSA) is 125 Å². The first-order valence-corrected chi connectivity index (χ1v) is 16.4. The number of halogens is 2. The van der Waals surface area contributed by atoms with Crippen LogP contribution in [0.2, 0.25) is 0 Å². The number of pyridine rings is 1. The number of nitrogens with zero attached hydrogens (tertiary/aromatic N) is 3. The minimum atomic E-state index is -2.47. The summed E-state index contributed by atoms with van der Waals surface area (Å²) >= 11 is 3.58. The highest BCUT2D eigenvalue weighted by molar-refractivity contribution is 9.10. The summed E-state index contributed by atoms with van der Waals surface area (Å²) < 4.78 is 56.2. The average molecular weight is 719 g/mol. The van der Waals surface area contributed by atoms with Crippen molar-refractivity contribution in [3.8, 4) is 11.5 Å². The van der Waals surface area contributed by atoms with Crippen molar-refractivity contribution in [2.45, 2.75) is 18.6 Å². The second-order valence-electron chi connectivity index (χ2n) is 10.6. The van der Waals surface area contributed by atoms with Crippen LogP contribution in [0.15, 0.2) is 102 Å². The summed E-state index contributed by atoms with van der Waals surface area (Å²) in [5, 5.41) is 7.36. The van der Waals surface area contributed by atoms with Gasteiger partial charge in [0.25, 0.3) is 0 Å². The van der Waals surface area contributed by atoms with E-state index in [1.165, 1.54) is 18.5 Å². The van der Waals surface area contributed by atoms with Crippen LogP contribution in [-0.2, 0) is 27.2 Å². The largest absolute Gasteiger partial charge is 0.496 e. The molecule has 47 heavy (non-hydrogen) atoms. The Morgan fingerprint density at radius 2 is 1.94 bits per heavy atom. The van der Waals surface area contributed by atoms with Crippen molar-refractivity contribution in [1.29, 1.82) is 0 Å². The van der Waals surface area contributed by atoms with E-state index in [9.17, 15) is 12.8 Å². The summed E-state index contributed by atoms with van der Waals surface area (Å²) in [5.74, 6) is 1.41. The van der Waals surface area contributed by atoms with E-state index in [2.05, 4.69) is 41.5 Å². The van der Waals surface area contributed by atoms with Crippen LogP contribution >= 0.6 is 15.9 Å². The van der Waals surface area contributed by atoms with Gasteiger partial charge in [0.1, 0.15) is 40.9 Å². The maximum absolute atomic E-state index is 13.6. The fraction of sp³-hybridized carbons (Fsp3) is 0.176. The lowest BCUT2D eigenvalue weighted by Crippen LogP contribution is -2.40. The van der Waals surface area contributed by atoms with Crippen molar-refractivity contribution in [3.63, 3.8) is 0 Å². The zero-order valence-electron chi connectivity index (χ0n) is 25.1. The van der Waals surface area contributed by atoms with Gasteiger partial charge in [0.2, 0.25) is 10.3 Å². The predicted octanol–water partition coefficient (Wildman–Crippen LogP) is 6.08. The molecule has 5 aromatic rings. The molecule has 0 bridgehead atoms. The van der Waals surface area contributed by atoms with E-state index in [1.54, 1.807) is 49.9 Å². The Morgan fingerprint density at radius 3 is 2.66 bits per heavy atom. The molecule has 2 N–H and O–H groups in total. The van der Waals surface area contributed by atoms with Gasteiger partial charge < -0.3 is 24.8 Å². The monoisotopic (exact) mass is 717 g/mol. The van der Waals surface area contributed by atoms with Gasteiger partial charge in [0, 0.05) is 48.4 Å². The standard InChI is InChI=1S/C34H29BrFN5O5S/c1-44-31-17-29-25(16-26(31)34(11-5-13-46-34)20-37-18-32(47(42)43)28-8-2-3-12-38-28)33(40-21-39-29)41-24-9-10-30(27(35)15-24)45-19-22-6-4-7-23(36)14-22/h2-10,12-17,21,37H,11,18-20H2,1H3,(H,39,40,41). The second-order valence-corrected chi connectivity index (χ2v) is 12.5. The van der Waals surface area contributed by atoms with Crippen LogP contribution < -0.4 is 20.1 Å². The summed E-state index contributed by atoms with van der Waals surface area (Å²) in [6.45, 7) is 0.547. The summed E-state index contributed by atoms with van der Waals surface area (Å²) in [7, 11) is -0.885. The van der Waals surface area contributed by atoms with E-state index in [0.717, 1.165) is 22.2 Å². The number of anilines is 2. The van der Waals surface area contributed by atoms with E-state index < -0.39 is 15.9 Å². The summed E-state index contributed by atoms with van der Waals surface area (Å²) in [6.07, 6.45) is 7.09. The van der Waals surface area contributed by atoms with E-state index in [0.29, 0.717) is 39.4 Å². The third-order valence-electron chi connectivity index (χ3n) is 7.61. The van der Waals surface area contributed by atoms with E-state index in [4.69, 9.17) is 14.2 Å². The quantitative estimate of drug-likeness (QED) is 0.116. The molecule has 10 nitrogen and oxygen atoms in total. The third-order valence-corrected chi connectivity index (χ3v) is 8.99. The summed E-state index contributed by atoms with van der Waals surface area (Å²) in [6, 6.07) is 20.7. The van der Waals surface area contributed by atoms with Crippen molar-refractivity contribution < 1.29 is 27.0 Å². The second kappa shape index (κ2) is 14.3. The van der Waals surface area contributed by atoms with Gasteiger partial charge in [-0.3, -0.25) is 4.98 Å². The molecule has 1 aliphatic heterocycles. The molecule has 1 atom stereocenters. The third kappa shape index (κ3) is 7.27. The van der Waals surface area contributed by atoms with Gasteiger partial charge in [-0.1, -0.05) is 18.2 Å². The smallest absolute Gasteiger partial charge is 0.220 e. The van der Waals surface area contributed by atoms with Crippen LogP contribution in [0, 0.1) is 5.82 Å². The van der Waals surface area contributed by atoms with Crippen LogP contribution in [-0.4, -0.2) is 48.4 Å². The van der Waals surface area contributed by atoms with Crippen molar-refractivity contribution in [2.75, 3.05) is 25.5 Å². The first kappa shape index (κ1) is 32.1. The first-order valence-electron chi connectivity index (χ1n) is 14.5. The number of fused-ring (bicyclic) bond motifs is 1. The molecule has 0 saturated heterocycles. The molecule has 2 aromatic heterocycles. The molecule has 0 saturated carbocycles. The van der Waals surface area contributed by atoms with Gasteiger partial charge in [0.15, 0.2) is 5.60 Å². The summed E-state index contributed by atoms with van der Waals surface area (Å²) in [5.41, 5.74) is 2.34. The van der Waals surface area contributed by atoms with Crippen molar-refractivity contribution in [3.05, 3.63) is 125 Å². The molecule has 240 valence electrons. The number of methoxy groups -OCH3 is 1. The molecule has 0 aliphatic carbocycles. The molecule has 0 spiro atoms. The van der Waals surface area contributed by atoms with Crippen molar-refractivity contribution in [2.24, 2.45) is 0 Å². The van der Waals surface area contributed by atoms with Gasteiger partial charge in [-0.2, -0.15) is 8.42 Å². The zero-order chi connectivity index (χ0) is 32.8. The number of aromatic nitrogens is 3. The van der Waals surface area contributed by atoms with E-state index in [1.807, 2.05) is 36.4 Å². The van der Waals surface area contributed by atoms with E-state index >= 15 is 0 Å². The molecule has 13 heteroatoms. The molecular formula is C34H29BrFN5O5S. The van der Waals surface area contributed by atoms with Crippen molar-refractivity contribution in [1.82, 2.24) is 20.3 Å². The maximum Gasteiger partial charge on any atom is 0.220 e. The maximum atomic E-state index is 13.6. The molecule has 1 unspecified atom stereocenters. The number of hydrogen-bond donors (Lipinski definition) is 2. The Morgan fingerprint density at radius 1 is 1.04 bits per heavy atom. The minimum absolute atomic E-state index is 0.0564. The molecule has 0 fully saturated rings. The van der Waals surface area contributed by atoms with Gasteiger partial charge in [0.05, 0.1) is 29.1 Å². The van der Waals surface area contributed by atoms with Crippen LogP contribution in [0.1, 0.15) is 23.2 Å². The molecule has 1 aliphatic rings. The Bertz CT molecular complexity index is 2080. The number of nitrogens with one attached hydrogen (secondary N) is 2. The Labute approximate surface area is 280 Å². The number of hydrogen-bond acceptors (Lipinski definition) is 10. The number of ether oxygens (including phenoxy) is 3. The van der Waals surface area contributed by atoms with Gasteiger partial charge in [-0.25, -0.2) is 14.4 Å². The minimum Gasteiger partial charge on any atom is -0.496 e. The SMILES string of the molecule is COc1cc2ncnc(Nc3ccc(OCc4cccc(F)c4)c(Br)c3)c2cc1C1(CNCC(c2ccccn2)=S(=O)=O)CC=CO1. The highest BCUT2D eigenvalue weighted by atomic mass is 79.9. The van der Waals surface area contributed by atoms with Gasteiger partial charge in [-0.15, -0.1) is 0 Å². The summed E-state index contributed by atoms with van der Waals surface area (Å²) in [4.78, 5) is 13.3. The predicted molar refractivity (Wildman–Crippen MR) is 181 cm³/mol. The molecule has 6 rings (SSSR count). The van der Waals surface area contributed by atoms with Crippen LogP contribution in [0.4, 0.5) is 15.9 Å². The lowest BCUT2D eigenvalue weighted by molar-refractivity contribution is 0.0403. The van der Waals surface area contributed by atoms with E-state index in [-0.39, 0.29) is 30.4 Å². The fourth-order valence-electron chi connectivity index (χ4n) is 5.32. The highest BCUT2D eigenvalue weighted by Crippen LogP contribution is 2.42. The number of rotatable bonds is 12. The van der Waals surface area contributed by atoms with Crippen LogP contribution in [0.5, 0.6) is 11.5 Å². The Balaban J connectivity index is 1.26. The fourth-order valence-corrected chi connectivity index (χ4v) is 6.32. The average Bonchev–Trinajstić information content (AvgIpc) is 3.56.